The topological polar surface area (TPSA) is 18.5 Å². The molecule has 0 aromatic rings. The van der Waals surface area contributed by atoms with Crippen LogP contribution in [0, 0.1) is 0 Å². The van der Waals surface area contributed by atoms with E-state index in [1.54, 1.807) is 0 Å². The van der Waals surface area contributed by atoms with Crippen LogP contribution in [0.4, 0.5) is 0 Å². The highest BCUT2D eigenvalue weighted by atomic mass is 32.2. The van der Waals surface area contributed by atoms with E-state index in [2.05, 4.69) is 0 Å². The molecule has 3 heteroatoms. The fourth-order valence-corrected chi connectivity index (χ4v) is 2.57. The Morgan fingerprint density at radius 1 is 1.30 bits per heavy atom. The summed E-state index contributed by atoms with van der Waals surface area (Å²) in [4.78, 5) is 0. The van der Waals surface area contributed by atoms with Crippen LogP contribution in [0.5, 0.6) is 0 Å². The van der Waals surface area contributed by atoms with Crippen molar-refractivity contribution in [3.8, 4) is 0 Å². The average molecular weight is 160 g/mol. The van der Waals surface area contributed by atoms with Crippen molar-refractivity contribution < 1.29 is 9.47 Å². The van der Waals surface area contributed by atoms with Crippen molar-refractivity contribution in [1.82, 2.24) is 0 Å². The van der Waals surface area contributed by atoms with Crippen LogP contribution in [0.3, 0.4) is 0 Å². The van der Waals surface area contributed by atoms with Gasteiger partial charge in [-0.2, -0.15) is 11.8 Å². The van der Waals surface area contributed by atoms with Gasteiger partial charge in [0.25, 0.3) is 0 Å². The number of fused-ring (bicyclic) bond motifs is 1. The van der Waals surface area contributed by atoms with Gasteiger partial charge in [0.05, 0.1) is 19.3 Å². The molecule has 2 atom stereocenters. The van der Waals surface area contributed by atoms with Crippen molar-refractivity contribution in [2.75, 3.05) is 25.6 Å². The van der Waals surface area contributed by atoms with Crippen LogP contribution in [0.2, 0.25) is 0 Å². The molecule has 0 amide bonds. The first-order chi connectivity index (χ1) is 4.97. The van der Waals surface area contributed by atoms with Gasteiger partial charge in [-0.25, -0.2) is 0 Å². The Balaban J connectivity index is 1.93. The summed E-state index contributed by atoms with van der Waals surface area (Å²) < 4.78 is 10.8. The highest BCUT2D eigenvalue weighted by Gasteiger charge is 2.29. The summed E-state index contributed by atoms with van der Waals surface area (Å²) in [7, 11) is 0. The van der Waals surface area contributed by atoms with Gasteiger partial charge in [-0.05, 0) is 6.42 Å². The summed E-state index contributed by atoms with van der Waals surface area (Å²) >= 11 is 2.04. The van der Waals surface area contributed by atoms with Gasteiger partial charge in [0, 0.05) is 17.6 Å². The predicted octanol–water partition coefficient (Wildman–Crippen LogP) is 0.907. The molecule has 0 saturated carbocycles. The summed E-state index contributed by atoms with van der Waals surface area (Å²) in [5.74, 6) is 1.17. The zero-order valence-electron chi connectivity index (χ0n) is 5.91. The molecule has 0 aromatic carbocycles. The summed E-state index contributed by atoms with van der Waals surface area (Å²) in [6, 6.07) is 0. The molecule has 2 fully saturated rings. The van der Waals surface area contributed by atoms with Crippen LogP contribution >= 0.6 is 11.8 Å². The smallest absolute Gasteiger partial charge is 0.0927 e. The molecule has 58 valence electrons. The molecule has 2 unspecified atom stereocenters. The van der Waals surface area contributed by atoms with Crippen LogP contribution in [0.1, 0.15) is 6.42 Å². The molecule has 0 bridgehead atoms. The van der Waals surface area contributed by atoms with Crippen molar-refractivity contribution in [2.45, 2.75) is 17.8 Å². The van der Waals surface area contributed by atoms with E-state index in [0.717, 1.165) is 25.1 Å². The van der Waals surface area contributed by atoms with E-state index in [1.807, 2.05) is 11.8 Å². The maximum absolute atomic E-state index is 5.54. The van der Waals surface area contributed by atoms with Gasteiger partial charge in [-0.1, -0.05) is 0 Å². The van der Waals surface area contributed by atoms with Crippen molar-refractivity contribution >= 4 is 11.8 Å². The molecular formula is C7H12O2S. The average Bonchev–Trinajstić information content (AvgIpc) is 2.05. The lowest BCUT2D eigenvalue weighted by molar-refractivity contribution is -0.0453. The van der Waals surface area contributed by atoms with Gasteiger partial charge in [-0.15, -0.1) is 0 Å². The second kappa shape index (κ2) is 3.11. The lowest BCUT2D eigenvalue weighted by atomic mass is 10.1. The highest BCUT2D eigenvalue weighted by molar-refractivity contribution is 8.00. The van der Waals surface area contributed by atoms with E-state index in [-0.39, 0.29) is 0 Å². The minimum Gasteiger partial charge on any atom is -0.379 e. The third-order valence-electron chi connectivity index (χ3n) is 1.99. The fraction of sp³-hybridized carbons (Fsp3) is 1.00. The number of thioether (sulfide) groups is 1. The molecule has 0 radical (unpaired) electrons. The SMILES string of the molecule is C1CC2SCCOC2CO1. The van der Waals surface area contributed by atoms with Crippen LogP contribution in [0.15, 0.2) is 0 Å². The zero-order chi connectivity index (χ0) is 6.81. The minimum absolute atomic E-state index is 0.396. The molecule has 2 aliphatic heterocycles. The Kier molecular flexibility index (Phi) is 2.16. The Morgan fingerprint density at radius 2 is 2.30 bits per heavy atom. The third kappa shape index (κ3) is 1.31. The zero-order valence-corrected chi connectivity index (χ0v) is 6.73. The fourth-order valence-electron chi connectivity index (χ4n) is 1.44. The standard InChI is InChI=1S/C7H12O2S/c1-2-8-5-6-7(1)10-4-3-9-6/h6-7H,1-5H2. The van der Waals surface area contributed by atoms with Crippen LogP contribution < -0.4 is 0 Å². The van der Waals surface area contributed by atoms with Crippen molar-refractivity contribution in [2.24, 2.45) is 0 Å². The van der Waals surface area contributed by atoms with E-state index in [9.17, 15) is 0 Å². The lowest BCUT2D eigenvalue weighted by Gasteiger charge is -2.34. The van der Waals surface area contributed by atoms with E-state index in [0.29, 0.717) is 6.10 Å². The van der Waals surface area contributed by atoms with E-state index >= 15 is 0 Å². The molecular weight excluding hydrogens is 148 g/mol. The van der Waals surface area contributed by atoms with Gasteiger partial charge in [-0.3, -0.25) is 0 Å². The second-order valence-corrected chi connectivity index (χ2v) is 4.03. The Morgan fingerprint density at radius 3 is 3.20 bits per heavy atom. The van der Waals surface area contributed by atoms with Crippen LogP contribution in [-0.4, -0.2) is 36.9 Å². The maximum atomic E-state index is 5.54. The number of hydrogen-bond acceptors (Lipinski definition) is 3. The van der Waals surface area contributed by atoms with Crippen LogP contribution in [-0.2, 0) is 9.47 Å². The summed E-state index contributed by atoms with van der Waals surface area (Å²) in [6.45, 7) is 2.66. The van der Waals surface area contributed by atoms with Gasteiger partial charge in [0.1, 0.15) is 0 Å². The predicted molar refractivity (Wildman–Crippen MR) is 41.4 cm³/mol. The number of ether oxygens (including phenoxy) is 2. The first-order valence-electron chi connectivity index (χ1n) is 3.78. The minimum atomic E-state index is 0.396. The highest BCUT2D eigenvalue weighted by Crippen LogP contribution is 2.27. The first kappa shape index (κ1) is 6.95. The molecule has 2 nitrogen and oxygen atoms in total. The Bertz CT molecular complexity index is 92.2. The van der Waals surface area contributed by atoms with Crippen LogP contribution in [0.25, 0.3) is 0 Å². The van der Waals surface area contributed by atoms with Crippen molar-refractivity contribution in [3.63, 3.8) is 0 Å². The Hall–Kier alpha value is 0.270. The van der Waals surface area contributed by atoms with E-state index < -0.39 is 0 Å². The number of hydrogen-bond donors (Lipinski definition) is 0. The second-order valence-electron chi connectivity index (χ2n) is 2.68. The molecule has 0 aromatic heterocycles. The molecule has 2 rings (SSSR count). The molecule has 10 heavy (non-hydrogen) atoms. The normalized spacial score (nSPS) is 40.8. The number of rotatable bonds is 0. The summed E-state index contributed by atoms with van der Waals surface area (Å²) in [5.41, 5.74) is 0. The molecule has 0 spiro atoms. The van der Waals surface area contributed by atoms with Gasteiger partial charge in [0.2, 0.25) is 0 Å². The van der Waals surface area contributed by atoms with Gasteiger partial charge in [0.15, 0.2) is 0 Å². The van der Waals surface area contributed by atoms with E-state index in [4.69, 9.17) is 9.47 Å². The molecule has 0 N–H and O–H groups in total. The quantitative estimate of drug-likeness (QED) is 0.524. The third-order valence-corrected chi connectivity index (χ3v) is 3.36. The van der Waals surface area contributed by atoms with Gasteiger partial charge < -0.3 is 9.47 Å². The van der Waals surface area contributed by atoms with E-state index in [1.165, 1.54) is 12.2 Å². The van der Waals surface area contributed by atoms with Gasteiger partial charge >= 0.3 is 0 Å². The molecule has 2 saturated heterocycles. The first-order valence-corrected chi connectivity index (χ1v) is 4.82. The maximum Gasteiger partial charge on any atom is 0.0927 e. The summed E-state index contributed by atoms with van der Waals surface area (Å²) in [5, 5.41) is 0.725. The van der Waals surface area contributed by atoms with Crippen molar-refractivity contribution in [1.29, 1.82) is 0 Å². The summed E-state index contributed by atoms with van der Waals surface area (Å²) in [6.07, 6.45) is 1.57. The largest absolute Gasteiger partial charge is 0.379 e. The monoisotopic (exact) mass is 160 g/mol. The molecule has 2 aliphatic rings. The molecule has 0 aliphatic carbocycles. The Labute approximate surface area is 65.3 Å². The molecule has 2 heterocycles. The lowest BCUT2D eigenvalue weighted by Crippen LogP contribution is -2.40. The van der Waals surface area contributed by atoms with Crippen molar-refractivity contribution in [3.05, 3.63) is 0 Å².